The van der Waals surface area contributed by atoms with E-state index in [-0.39, 0.29) is 0 Å². The van der Waals surface area contributed by atoms with Crippen LogP contribution in [0, 0.1) is 6.92 Å². The van der Waals surface area contributed by atoms with Gasteiger partial charge in [0.25, 0.3) is 0 Å². The van der Waals surface area contributed by atoms with Gasteiger partial charge in [-0.2, -0.15) is 0 Å². The van der Waals surface area contributed by atoms with Gasteiger partial charge in [0, 0.05) is 20.2 Å². The van der Waals surface area contributed by atoms with E-state index in [2.05, 4.69) is 24.8 Å². The first-order valence-electron chi connectivity index (χ1n) is 5.29. The lowest BCUT2D eigenvalue weighted by Gasteiger charge is -2.24. The van der Waals surface area contributed by atoms with Crippen LogP contribution in [0.15, 0.2) is 18.2 Å². The molecule has 2 N–H and O–H groups in total. The van der Waals surface area contributed by atoms with E-state index in [1.54, 1.807) is 7.11 Å². The predicted molar refractivity (Wildman–Crippen MR) is 65.4 cm³/mol. The van der Waals surface area contributed by atoms with Gasteiger partial charge in [-0.25, -0.2) is 0 Å². The van der Waals surface area contributed by atoms with Crippen LogP contribution in [0.2, 0.25) is 0 Å². The number of rotatable bonds is 5. The van der Waals surface area contributed by atoms with Crippen LogP contribution in [0.5, 0.6) is 0 Å². The van der Waals surface area contributed by atoms with Crippen LogP contribution in [-0.2, 0) is 4.74 Å². The van der Waals surface area contributed by atoms with E-state index in [9.17, 15) is 0 Å². The smallest absolute Gasteiger partial charge is 0.0637 e. The third-order valence-corrected chi connectivity index (χ3v) is 2.47. The van der Waals surface area contributed by atoms with Crippen molar-refractivity contribution in [3.8, 4) is 0 Å². The predicted octanol–water partition coefficient (Wildman–Crippen LogP) is 2.05. The number of hydrogen-bond acceptors (Lipinski definition) is 3. The van der Waals surface area contributed by atoms with E-state index < -0.39 is 0 Å². The fourth-order valence-electron chi connectivity index (χ4n) is 1.58. The molecule has 0 fully saturated rings. The second-order valence-electron chi connectivity index (χ2n) is 3.63. The van der Waals surface area contributed by atoms with Crippen molar-refractivity contribution in [2.75, 3.05) is 37.4 Å². The number of aryl methyl sites for hydroxylation is 1. The van der Waals surface area contributed by atoms with E-state index in [0.29, 0.717) is 0 Å². The van der Waals surface area contributed by atoms with E-state index in [1.807, 2.05) is 12.1 Å². The maximum atomic E-state index is 5.96. The van der Waals surface area contributed by atoms with Crippen molar-refractivity contribution in [1.82, 2.24) is 0 Å². The molecule has 0 saturated heterocycles. The number of anilines is 2. The molecular formula is C12H20N2O. The summed E-state index contributed by atoms with van der Waals surface area (Å²) in [7, 11) is 1.72. The lowest BCUT2D eigenvalue weighted by atomic mass is 10.1. The molecule has 0 bridgehead atoms. The molecule has 0 aliphatic carbocycles. The van der Waals surface area contributed by atoms with Gasteiger partial charge in [-0.15, -0.1) is 0 Å². The molecule has 0 aliphatic rings. The van der Waals surface area contributed by atoms with Gasteiger partial charge in [-0.1, -0.05) is 6.07 Å². The normalized spacial score (nSPS) is 10.3. The Morgan fingerprint density at radius 3 is 2.73 bits per heavy atom. The molecule has 3 heteroatoms. The summed E-state index contributed by atoms with van der Waals surface area (Å²) in [6.07, 6.45) is 0. The van der Waals surface area contributed by atoms with Crippen molar-refractivity contribution in [3.63, 3.8) is 0 Å². The molecule has 15 heavy (non-hydrogen) atoms. The molecule has 0 aromatic heterocycles. The molecular weight excluding hydrogens is 188 g/mol. The van der Waals surface area contributed by atoms with Crippen LogP contribution < -0.4 is 10.6 Å². The minimum atomic E-state index is 0.723. The van der Waals surface area contributed by atoms with Gasteiger partial charge in [0.2, 0.25) is 0 Å². The molecule has 0 saturated carbocycles. The van der Waals surface area contributed by atoms with Crippen molar-refractivity contribution >= 4 is 11.4 Å². The van der Waals surface area contributed by atoms with Crippen molar-refractivity contribution in [3.05, 3.63) is 23.8 Å². The van der Waals surface area contributed by atoms with Crippen molar-refractivity contribution in [1.29, 1.82) is 0 Å². The Labute approximate surface area is 91.8 Å². The van der Waals surface area contributed by atoms with Crippen LogP contribution >= 0.6 is 0 Å². The van der Waals surface area contributed by atoms with Gasteiger partial charge in [0.05, 0.1) is 18.0 Å². The number of methoxy groups -OCH3 is 1. The molecule has 0 amide bonds. The second kappa shape index (κ2) is 5.61. The summed E-state index contributed by atoms with van der Waals surface area (Å²) in [5, 5.41) is 0. The Morgan fingerprint density at radius 2 is 2.13 bits per heavy atom. The molecule has 0 aliphatic heterocycles. The fraction of sp³-hybridized carbons (Fsp3) is 0.500. The number of hydrogen-bond donors (Lipinski definition) is 1. The molecule has 1 aromatic carbocycles. The van der Waals surface area contributed by atoms with Gasteiger partial charge in [0.1, 0.15) is 0 Å². The number of ether oxygens (including phenoxy) is 1. The molecule has 84 valence electrons. The standard InChI is InChI=1S/C12H20N2O/c1-4-14(7-8-15-3)12-9-10(2)5-6-11(12)13/h5-6,9H,4,7-8,13H2,1-3H3. The first-order chi connectivity index (χ1) is 7.19. The van der Waals surface area contributed by atoms with Gasteiger partial charge >= 0.3 is 0 Å². The Balaban J connectivity index is 2.85. The highest BCUT2D eigenvalue weighted by Crippen LogP contribution is 2.23. The fourth-order valence-corrected chi connectivity index (χ4v) is 1.58. The van der Waals surface area contributed by atoms with Gasteiger partial charge in [-0.05, 0) is 31.5 Å². The van der Waals surface area contributed by atoms with Crippen molar-refractivity contribution in [2.45, 2.75) is 13.8 Å². The number of likely N-dealkylation sites (N-methyl/N-ethyl adjacent to an activating group) is 1. The molecule has 3 nitrogen and oxygen atoms in total. The highest BCUT2D eigenvalue weighted by atomic mass is 16.5. The zero-order chi connectivity index (χ0) is 11.3. The van der Waals surface area contributed by atoms with E-state index in [0.717, 1.165) is 31.1 Å². The summed E-state index contributed by atoms with van der Waals surface area (Å²) < 4.78 is 5.08. The maximum Gasteiger partial charge on any atom is 0.0637 e. The second-order valence-corrected chi connectivity index (χ2v) is 3.63. The summed E-state index contributed by atoms with van der Waals surface area (Å²) in [6.45, 7) is 6.74. The minimum Gasteiger partial charge on any atom is -0.397 e. The third kappa shape index (κ3) is 3.13. The third-order valence-electron chi connectivity index (χ3n) is 2.47. The Kier molecular flexibility index (Phi) is 4.43. The zero-order valence-electron chi connectivity index (χ0n) is 9.79. The summed E-state index contributed by atoms with van der Waals surface area (Å²) in [5.74, 6) is 0. The van der Waals surface area contributed by atoms with Crippen LogP contribution in [-0.4, -0.2) is 26.8 Å². The monoisotopic (exact) mass is 208 g/mol. The van der Waals surface area contributed by atoms with Gasteiger partial charge in [0.15, 0.2) is 0 Å². The number of nitrogens with zero attached hydrogens (tertiary/aromatic N) is 1. The highest BCUT2D eigenvalue weighted by Gasteiger charge is 2.07. The molecule has 0 spiro atoms. The van der Waals surface area contributed by atoms with Crippen LogP contribution in [0.1, 0.15) is 12.5 Å². The highest BCUT2D eigenvalue weighted by molar-refractivity contribution is 5.68. The zero-order valence-corrected chi connectivity index (χ0v) is 9.79. The van der Waals surface area contributed by atoms with Crippen LogP contribution in [0.25, 0.3) is 0 Å². The summed E-state index contributed by atoms with van der Waals surface area (Å²) in [5.41, 5.74) is 9.12. The van der Waals surface area contributed by atoms with Crippen molar-refractivity contribution in [2.24, 2.45) is 0 Å². The molecule has 1 rings (SSSR count). The first-order valence-corrected chi connectivity index (χ1v) is 5.29. The summed E-state index contributed by atoms with van der Waals surface area (Å²) in [6, 6.07) is 6.11. The van der Waals surface area contributed by atoms with Crippen LogP contribution in [0.3, 0.4) is 0 Å². The summed E-state index contributed by atoms with van der Waals surface area (Å²) >= 11 is 0. The number of benzene rings is 1. The maximum absolute atomic E-state index is 5.96. The van der Waals surface area contributed by atoms with Gasteiger partial charge in [-0.3, -0.25) is 0 Å². The lowest BCUT2D eigenvalue weighted by molar-refractivity contribution is 0.205. The minimum absolute atomic E-state index is 0.723. The van der Waals surface area contributed by atoms with E-state index in [4.69, 9.17) is 10.5 Å². The Bertz CT molecular complexity index is 312. The Morgan fingerprint density at radius 1 is 1.40 bits per heavy atom. The van der Waals surface area contributed by atoms with Crippen molar-refractivity contribution < 1.29 is 4.74 Å². The number of nitrogens with two attached hydrogens (primary N) is 1. The average Bonchev–Trinajstić information content (AvgIpc) is 2.24. The molecule has 0 atom stereocenters. The largest absolute Gasteiger partial charge is 0.397 e. The first kappa shape index (κ1) is 11.9. The van der Waals surface area contributed by atoms with Gasteiger partial charge < -0.3 is 15.4 Å². The molecule has 1 aromatic rings. The SMILES string of the molecule is CCN(CCOC)c1cc(C)ccc1N. The number of nitrogen functional groups attached to an aromatic ring is 1. The molecule has 0 heterocycles. The Hall–Kier alpha value is -1.22. The van der Waals surface area contributed by atoms with E-state index in [1.165, 1.54) is 5.56 Å². The topological polar surface area (TPSA) is 38.5 Å². The molecule has 0 radical (unpaired) electrons. The quantitative estimate of drug-likeness (QED) is 0.753. The van der Waals surface area contributed by atoms with E-state index >= 15 is 0 Å². The average molecular weight is 208 g/mol. The van der Waals surface area contributed by atoms with Crippen LogP contribution in [0.4, 0.5) is 11.4 Å². The molecule has 0 unspecified atom stereocenters. The lowest BCUT2D eigenvalue weighted by Crippen LogP contribution is -2.27. The summed E-state index contributed by atoms with van der Waals surface area (Å²) in [4.78, 5) is 2.23.